The van der Waals surface area contributed by atoms with Crippen molar-refractivity contribution in [3.05, 3.63) is 35.8 Å². The van der Waals surface area contributed by atoms with Crippen molar-refractivity contribution in [3.63, 3.8) is 0 Å². The van der Waals surface area contributed by atoms with Gasteiger partial charge in [-0.05, 0) is 25.1 Å². The van der Waals surface area contributed by atoms with Crippen LogP contribution in [-0.2, 0) is 10.0 Å². The maximum Gasteiger partial charge on any atom is 0.264 e. The summed E-state index contributed by atoms with van der Waals surface area (Å²) < 4.78 is 44.7. The summed E-state index contributed by atoms with van der Waals surface area (Å²) in [6, 6.07) is 4.72. The SMILES string of the molecule is COc1cc(C)nc(NS(=O)(=O)c2ccc(N)c(F)c2)n1. The summed E-state index contributed by atoms with van der Waals surface area (Å²) in [5.74, 6) is -0.770. The number of ether oxygens (including phenoxy) is 1. The van der Waals surface area contributed by atoms with Gasteiger partial charge < -0.3 is 10.5 Å². The van der Waals surface area contributed by atoms with Crippen LogP contribution in [0.1, 0.15) is 5.69 Å². The molecule has 7 nitrogen and oxygen atoms in total. The number of hydrogen-bond donors (Lipinski definition) is 2. The number of rotatable bonds is 4. The third kappa shape index (κ3) is 3.37. The van der Waals surface area contributed by atoms with E-state index in [1.807, 2.05) is 0 Å². The second-order valence-electron chi connectivity index (χ2n) is 4.16. The molecule has 0 saturated carbocycles. The standard InChI is InChI=1S/C12H13FN4O3S/c1-7-5-11(20-2)16-12(15-7)17-21(18,19)8-3-4-10(14)9(13)6-8/h3-6H,14H2,1-2H3,(H,15,16,17). The van der Waals surface area contributed by atoms with E-state index < -0.39 is 15.8 Å². The molecular formula is C12H13FN4O3S. The highest BCUT2D eigenvalue weighted by Crippen LogP contribution is 2.19. The first-order chi connectivity index (χ1) is 9.81. The fourth-order valence-electron chi connectivity index (χ4n) is 1.54. The van der Waals surface area contributed by atoms with Gasteiger partial charge in [0.05, 0.1) is 17.7 Å². The highest BCUT2D eigenvalue weighted by molar-refractivity contribution is 7.92. The lowest BCUT2D eigenvalue weighted by Crippen LogP contribution is -2.16. The molecule has 3 N–H and O–H groups in total. The summed E-state index contributed by atoms with van der Waals surface area (Å²) in [4.78, 5) is 7.51. The molecule has 0 fully saturated rings. The zero-order chi connectivity index (χ0) is 15.6. The molecule has 0 bridgehead atoms. The molecule has 0 aliphatic heterocycles. The van der Waals surface area contributed by atoms with Crippen molar-refractivity contribution < 1.29 is 17.5 Å². The highest BCUT2D eigenvalue weighted by Gasteiger charge is 2.18. The quantitative estimate of drug-likeness (QED) is 0.824. The monoisotopic (exact) mass is 312 g/mol. The molecule has 0 atom stereocenters. The minimum absolute atomic E-state index is 0.137. The van der Waals surface area contributed by atoms with Crippen LogP contribution in [0, 0.1) is 12.7 Å². The van der Waals surface area contributed by atoms with Gasteiger partial charge in [-0.15, -0.1) is 0 Å². The molecule has 0 radical (unpaired) electrons. The van der Waals surface area contributed by atoms with Crippen molar-refractivity contribution >= 4 is 21.7 Å². The molecule has 21 heavy (non-hydrogen) atoms. The van der Waals surface area contributed by atoms with Crippen LogP contribution in [-0.4, -0.2) is 25.5 Å². The normalized spacial score (nSPS) is 11.2. The molecule has 112 valence electrons. The van der Waals surface area contributed by atoms with Crippen LogP contribution in [0.4, 0.5) is 16.0 Å². The van der Waals surface area contributed by atoms with E-state index in [0.717, 1.165) is 6.07 Å². The number of nitrogen functional groups attached to an aromatic ring is 1. The van der Waals surface area contributed by atoms with Crippen molar-refractivity contribution in [2.24, 2.45) is 0 Å². The van der Waals surface area contributed by atoms with Crippen LogP contribution in [0.15, 0.2) is 29.2 Å². The summed E-state index contributed by atoms with van der Waals surface area (Å²) >= 11 is 0. The average Bonchev–Trinajstić information content (AvgIpc) is 2.40. The second kappa shape index (κ2) is 5.52. The molecule has 9 heteroatoms. The molecule has 2 rings (SSSR count). The van der Waals surface area contributed by atoms with E-state index >= 15 is 0 Å². The number of aromatic nitrogens is 2. The van der Waals surface area contributed by atoms with Crippen LogP contribution in [0.25, 0.3) is 0 Å². The third-order valence-electron chi connectivity index (χ3n) is 2.55. The Morgan fingerprint density at radius 3 is 2.62 bits per heavy atom. The van der Waals surface area contributed by atoms with E-state index in [1.165, 1.54) is 19.2 Å². The molecule has 0 saturated heterocycles. The number of methoxy groups -OCH3 is 1. The van der Waals surface area contributed by atoms with E-state index in [9.17, 15) is 12.8 Å². The number of hydrogen-bond acceptors (Lipinski definition) is 6. The molecule has 0 aliphatic rings. The van der Waals surface area contributed by atoms with E-state index in [4.69, 9.17) is 10.5 Å². The molecule has 0 unspecified atom stereocenters. The van der Waals surface area contributed by atoms with Crippen LogP contribution in [0.2, 0.25) is 0 Å². The summed E-state index contributed by atoms with van der Waals surface area (Å²) in [5, 5.41) is 0. The number of anilines is 2. The van der Waals surface area contributed by atoms with Gasteiger partial charge in [-0.1, -0.05) is 0 Å². The molecule has 0 aliphatic carbocycles. The largest absolute Gasteiger partial charge is 0.481 e. The Balaban J connectivity index is 2.37. The number of nitrogens with two attached hydrogens (primary N) is 1. The Bertz CT molecular complexity index is 780. The molecule has 2 aromatic rings. The smallest absolute Gasteiger partial charge is 0.264 e. The lowest BCUT2D eigenvalue weighted by molar-refractivity contribution is 0.397. The maximum absolute atomic E-state index is 13.4. The van der Waals surface area contributed by atoms with E-state index in [1.54, 1.807) is 13.0 Å². The molecule has 0 amide bonds. The van der Waals surface area contributed by atoms with E-state index in [2.05, 4.69) is 14.7 Å². The molecule has 1 heterocycles. The maximum atomic E-state index is 13.4. The van der Waals surface area contributed by atoms with Crippen LogP contribution in [0.3, 0.4) is 0 Å². The zero-order valence-electron chi connectivity index (χ0n) is 11.3. The number of nitrogens with zero attached hydrogens (tertiary/aromatic N) is 2. The number of nitrogens with one attached hydrogen (secondary N) is 1. The average molecular weight is 312 g/mol. The molecule has 1 aromatic heterocycles. The number of halogens is 1. The topological polar surface area (TPSA) is 107 Å². The fourth-order valence-corrected chi connectivity index (χ4v) is 2.50. The summed E-state index contributed by atoms with van der Waals surface area (Å²) in [6.45, 7) is 1.66. The molecule has 0 spiro atoms. The third-order valence-corrected chi connectivity index (χ3v) is 3.87. The van der Waals surface area contributed by atoms with Crippen molar-refractivity contribution in [1.29, 1.82) is 0 Å². The number of aryl methyl sites for hydroxylation is 1. The van der Waals surface area contributed by atoms with Gasteiger partial charge in [0, 0.05) is 11.8 Å². The van der Waals surface area contributed by atoms with Crippen LogP contribution >= 0.6 is 0 Å². The Morgan fingerprint density at radius 2 is 2.00 bits per heavy atom. The van der Waals surface area contributed by atoms with Gasteiger partial charge in [-0.3, -0.25) is 0 Å². The molecule has 1 aromatic carbocycles. The lowest BCUT2D eigenvalue weighted by atomic mass is 10.3. The first-order valence-electron chi connectivity index (χ1n) is 5.79. The Labute approximate surface area is 121 Å². The van der Waals surface area contributed by atoms with Crippen LogP contribution < -0.4 is 15.2 Å². The van der Waals surface area contributed by atoms with Crippen molar-refractivity contribution in [2.45, 2.75) is 11.8 Å². The van der Waals surface area contributed by atoms with Crippen molar-refractivity contribution in [3.8, 4) is 5.88 Å². The zero-order valence-corrected chi connectivity index (χ0v) is 12.1. The van der Waals surface area contributed by atoms with Gasteiger partial charge in [0.15, 0.2) is 0 Å². The van der Waals surface area contributed by atoms with Gasteiger partial charge in [0.1, 0.15) is 5.82 Å². The first-order valence-corrected chi connectivity index (χ1v) is 7.27. The van der Waals surface area contributed by atoms with Crippen molar-refractivity contribution in [1.82, 2.24) is 9.97 Å². The van der Waals surface area contributed by atoms with Gasteiger partial charge in [-0.2, -0.15) is 4.98 Å². The van der Waals surface area contributed by atoms with Crippen LogP contribution in [0.5, 0.6) is 5.88 Å². The van der Waals surface area contributed by atoms with Crippen molar-refractivity contribution in [2.75, 3.05) is 17.6 Å². The van der Waals surface area contributed by atoms with Gasteiger partial charge in [0.25, 0.3) is 10.0 Å². The summed E-state index contributed by atoms with van der Waals surface area (Å²) in [6.07, 6.45) is 0. The van der Waals surface area contributed by atoms with Gasteiger partial charge >= 0.3 is 0 Å². The highest BCUT2D eigenvalue weighted by atomic mass is 32.2. The Morgan fingerprint density at radius 1 is 1.29 bits per heavy atom. The minimum Gasteiger partial charge on any atom is -0.481 e. The first kappa shape index (κ1) is 15.0. The van der Waals surface area contributed by atoms with Gasteiger partial charge in [0.2, 0.25) is 11.8 Å². The fraction of sp³-hybridized carbons (Fsp3) is 0.167. The predicted octanol–water partition coefficient (Wildman–Crippen LogP) is 1.32. The Kier molecular flexibility index (Phi) is 3.94. The molecular weight excluding hydrogens is 299 g/mol. The number of benzene rings is 1. The lowest BCUT2D eigenvalue weighted by Gasteiger charge is -2.09. The van der Waals surface area contributed by atoms with E-state index in [0.29, 0.717) is 5.69 Å². The minimum atomic E-state index is -4.02. The predicted molar refractivity (Wildman–Crippen MR) is 74.9 cm³/mol. The summed E-state index contributed by atoms with van der Waals surface area (Å²) in [5.41, 5.74) is 5.69. The Hall–Kier alpha value is -2.42. The second-order valence-corrected chi connectivity index (χ2v) is 5.85. The summed E-state index contributed by atoms with van der Waals surface area (Å²) in [7, 11) is -2.62. The van der Waals surface area contributed by atoms with E-state index in [-0.39, 0.29) is 22.4 Å². The number of sulfonamides is 1. The van der Waals surface area contributed by atoms with Gasteiger partial charge in [-0.25, -0.2) is 22.5 Å².